The van der Waals surface area contributed by atoms with E-state index < -0.39 is 15.6 Å². The van der Waals surface area contributed by atoms with Gasteiger partial charge in [-0.3, -0.25) is 0 Å². The van der Waals surface area contributed by atoms with Gasteiger partial charge in [-0.15, -0.1) is 0 Å². The topological polar surface area (TPSA) is 55.1 Å². The molecule has 5 nitrogen and oxygen atoms in total. The molecule has 3 N–H and O–H groups in total. The Morgan fingerprint density at radius 2 is 1.37 bits per heavy atom. The second kappa shape index (κ2) is 8.52. The molecule has 0 bridgehead atoms. The van der Waals surface area contributed by atoms with Crippen molar-refractivity contribution < 1.29 is 18.2 Å². The van der Waals surface area contributed by atoms with Crippen LogP contribution in [0.5, 0.6) is 0 Å². The summed E-state index contributed by atoms with van der Waals surface area (Å²) >= 11 is 0. The van der Waals surface area contributed by atoms with E-state index in [0.717, 1.165) is 39.3 Å². The summed E-state index contributed by atoms with van der Waals surface area (Å²) in [5.74, 6) is 0. The maximum absolute atomic E-state index is 12.6. The summed E-state index contributed by atoms with van der Waals surface area (Å²) in [6.07, 6.45) is 0. The highest BCUT2D eigenvalue weighted by Crippen LogP contribution is 2.11. The van der Waals surface area contributed by atoms with Gasteiger partial charge in [0.2, 0.25) is 10.0 Å². The highest BCUT2D eigenvalue weighted by Gasteiger charge is 2.33. The molecule has 0 atom stereocenters. The van der Waals surface area contributed by atoms with Crippen molar-refractivity contribution in [2.75, 3.05) is 32.7 Å². The van der Waals surface area contributed by atoms with Gasteiger partial charge in [0, 0.05) is 5.56 Å². The molecule has 0 radical (unpaired) electrons. The van der Waals surface area contributed by atoms with E-state index in [1.165, 1.54) is 10.5 Å². The Kier molecular flexibility index (Phi) is 6.32. The fourth-order valence-electron chi connectivity index (χ4n) is 3.88. The van der Waals surface area contributed by atoms with Crippen LogP contribution in [0.25, 0.3) is 0 Å². The molecule has 0 unspecified atom stereocenters. The predicted molar refractivity (Wildman–Crippen MR) is 107 cm³/mol. The number of quaternary nitrogens is 2. The number of hydrogen-bond acceptors (Lipinski definition) is 2. The molecule has 0 amide bonds. The van der Waals surface area contributed by atoms with Gasteiger partial charge in [-0.05, 0) is 26.0 Å². The van der Waals surface area contributed by atoms with Crippen LogP contribution < -0.4 is 14.5 Å². The van der Waals surface area contributed by atoms with Crippen molar-refractivity contribution in [1.82, 2.24) is 4.72 Å². The van der Waals surface area contributed by atoms with Crippen LogP contribution in [-0.2, 0) is 16.6 Å². The predicted octanol–water partition coefficient (Wildman–Crippen LogP) is -0.273. The molecule has 3 rings (SSSR count). The Balaban J connectivity index is 1.51. The monoisotopic (exact) mass is 389 g/mol. The van der Waals surface area contributed by atoms with Crippen LogP contribution in [0.2, 0.25) is 0 Å². The maximum Gasteiger partial charge on any atom is 0.241 e. The number of sulfonamides is 1. The minimum Gasteiger partial charge on any atom is -0.324 e. The van der Waals surface area contributed by atoms with E-state index in [4.69, 9.17) is 0 Å². The third-order valence-corrected chi connectivity index (χ3v) is 6.83. The van der Waals surface area contributed by atoms with E-state index in [9.17, 15) is 8.42 Å². The van der Waals surface area contributed by atoms with Crippen LogP contribution in [-0.4, -0.2) is 46.7 Å². The molecule has 146 valence electrons. The van der Waals surface area contributed by atoms with E-state index in [1.54, 1.807) is 29.2 Å². The van der Waals surface area contributed by atoms with Crippen LogP contribution in [0.3, 0.4) is 0 Å². The fourth-order valence-corrected chi connectivity index (χ4v) is 5.31. The Morgan fingerprint density at radius 1 is 0.852 bits per heavy atom. The van der Waals surface area contributed by atoms with Crippen LogP contribution in [0.15, 0.2) is 65.6 Å². The second-order valence-electron chi connectivity index (χ2n) is 8.14. The van der Waals surface area contributed by atoms with Gasteiger partial charge in [-0.25, -0.2) is 8.42 Å². The first-order chi connectivity index (χ1) is 12.8. The third-order valence-electron chi connectivity index (χ3n) is 5.12. The summed E-state index contributed by atoms with van der Waals surface area (Å²) in [5, 5.41) is 0. The maximum atomic E-state index is 12.6. The molecule has 1 fully saturated rings. The Labute approximate surface area is 163 Å². The molecular formula is C21H31N3O2S+2. The fraction of sp³-hybridized carbons (Fsp3) is 0.429. The number of nitrogens with one attached hydrogen (secondary N) is 3. The molecule has 0 aliphatic carbocycles. The van der Waals surface area contributed by atoms with Gasteiger partial charge in [0.1, 0.15) is 32.7 Å². The van der Waals surface area contributed by atoms with Gasteiger partial charge in [-0.1, -0.05) is 48.5 Å². The average molecular weight is 390 g/mol. The van der Waals surface area contributed by atoms with Gasteiger partial charge >= 0.3 is 0 Å². The normalized spacial score (nSPS) is 21.1. The lowest BCUT2D eigenvalue weighted by molar-refractivity contribution is -1.02. The number of rotatable bonds is 7. The number of piperazine rings is 1. The first kappa shape index (κ1) is 20.0. The van der Waals surface area contributed by atoms with E-state index in [2.05, 4.69) is 35.1 Å². The molecule has 2 aromatic carbocycles. The Hall–Kier alpha value is -1.73. The molecule has 1 heterocycles. The standard InChI is InChI=1S/C21H29N3O2S/c1-21(2,22-27(25,26)20-11-7-4-8-12-20)18-24-15-13-23(14-16-24)17-19-9-5-3-6-10-19/h3-12,22H,13-18H2,1-2H3/p+2. The lowest BCUT2D eigenvalue weighted by Gasteiger charge is -2.34. The van der Waals surface area contributed by atoms with Crippen LogP contribution >= 0.6 is 0 Å². The van der Waals surface area contributed by atoms with Crippen molar-refractivity contribution in [3.05, 3.63) is 66.2 Å². The largest absolute Gasteiger partial charge is 0.324 e. The molecule has 2 aromatic rings. The summed E-state index contributed by atoms with van der Waals surface area (Å²) in [5.41, 5.74) is 0.896. The molecule has 27 heavy (non-hydrogen) atoms. The van der Waals surface area contributed by atoms with Crippen LogP contribution in [0, 0.1) is 0 Å². The van der Waals surface area contributed by atoms with Gasteiger partial charge in [-0.2, -0.15) is 4.72 Å². The summed E-state index contributed by atoms with van der Waals surface area (Å²) in [6, 6.07) is 19.2. The molecule has 6 heteroatoms. The van der Waals surface area contributed by atoms with Gasteiger partial charge in [0.15, 0.2) is 0 Å². The minimum absolute atomic E-state index is 0.324. The van der Waals surface area contributed by atoms with Crippen molar-refractivity contribution in [2.24, 2.45) is 0 Å². The zero-order valence-electron chi connectivity index (χ0n) is 16.2. The summed E-state index contributed by atoms with van der Waals surface area (Å²) in [6.45, 7) is 10.2. The summed E-state index contributed by atoms with van der Waals surface area (Å²) in [4.78, 5) is 3.39. The average Bonchev–Trinajstić information content (AvgIpc) is 2.64. The number of hydrogen-bond donors (Lipinski definition) is 3. The van der Waals surface area contributed by atoms with E-state index in [0.29, 0.717) is 4.90 Å². The zero-order chi connectivity index (χ0) is 19.3. The smallest absolute Gasteiger partial charge is 0.241 e. The van der Waals surface area contributed by atoms with Crippen molar-refractivity contribution >= 4 is 10.0 Å². The SMILES string of the molecule is CC(C)(C[NH+]1CC[NH+](Cc2ccccc2)CC1)NS(=O)(=O)c1ccccc1. The molecule has 0 spiro atoms. The lowest BCUT2D eigenvalue weighted by Crippen LogP contribution is -3.28. The highest BCUT2D eigenvalue weighted by molar-refractivity contribution is 7.89. The van der Waals surface area contributed by atoms with Crippen molar-refractivity contribution in [2.45, 2.75) is 30.8 Å². The quantitative estimate of drug-likeness (QED) is 0.611. The Morgan fingerprint density at radius 3 is 1.96 bits per heavy atom. The second-order valence-corrected chi connectivity index (χ2v) is 9.82. The van der Waals surface area contributed by atoms with Gasteiger partial charge in [0.05, 0.1) is 17.0 Å². The molecule has 1 aliphatic heterocycles. The number of benzene rings is 2. The molecule has 0 saturated carbocycles. The lowest BCUT2D eigenvalue weighted by atomic mass is 10.1. The van der Waals surface area contributed by atoms with E-state index in [1.807, 2.05) is 19.9 Å². The van der Waals surface area contributed by atoms with Gasteiger partial charge < -0.3 is 9.80 Å². The van der Waals surface area contributed by atoms with Crippen molar-refractivity contribution in [3.63, 3.8) is 0 Å². The molecular weight excluding hydrogens is 358 g/mol. The molecule has 0 aromatic heterocycles. The van der Waals surface area contributed by atoms with Crippen molar-refractivity contribution in [1.29, 1.82) is 0 Å². The van der Waals surface area contributed by atoms with Crippen LogP contribution in [0.4, 0.5) is 0 Å². The van der Waals surface area contributed by atoms with Gasteiger partial charge in [0.25, 0.3) is 0 Å². The summed E-state index contributed by atoms with van der Waals surface area (Å²) in [7, 11) is -3.49. The molecule has 1 aliphatic rings. The molecule has 1 saturated heterocycles. The third kappa shape index (κ3) is 5.87. The first-order valence-electron chi connectivity index (χ1n) is 9.64. The van der Waals surface area contributed by atoms with Crippen molar-refractivity contribution in [3.8, 4) is 0 Å². The van der Waals surface area contributed by atoms with E-state index in [-0.39, 0.29) is 0 Å². The minimum atomic E-state index is -3.49. The summed E-state index contributed by atoms with van der Waals surface area (Å²) < 4.78 is 28.1. The highest BCUT2D eigenvalue weighted by atomic mass is 32.2. The Bertz CT molecular complexity index is 815. The zero-order valence-corrected chi connectivity index (χ0v) is 17.1. The van der Waals surface area contributed by atoms with E-state index >= 15 is 0 Å². The van der Waals surface area contributed by atoms with Crippen LogP contribution in [0.1, 0.15) is 19.4 Å². The first-order valence-corrected chi connectivity index (χ1v) is 11.1.